The Hall–Kier alpha value is -2.57. The number of nitrogens with one attached hydrogen (secondary N) is 1. The molecule has 6 nitrogen and oxygen atoms in total. The van der Waals surface area contributed by atoms with E-state index in [0.717, 1.165) is 16.7 Å². The molecule has 29 heavy (non-hydrogen) atoms. The van der Waals surface area contributed by atoms with E-state index in [1.807, 2.05) is 26.0 Å². The fourth-order valence-corrected chi connectivity index (χ4v) is 3.28. The summed E-state index contributed by atoms with van der Waals surface area (Å²) >= 11 is 12.2. The van der Waals surface area contributed by atoms with Crippen LogP contribution in [-0.2, 0) is 21.1 Å². The van der Waals surface area contributed by atoms with Crippen molar-refractivity contribution in [2.45, 2.75) is 26.9 Å². The van der Waals surface area contributed by atoms with Crippen LogP contribution in [0.15, 0.2) is 46.7 Å². The van der Waals surface area contributed by atoms with E-state index >= 15 is 0 Å². The number of aryl methyl sites for hydroxylation is 1. The number of hydrogen-bond donors (Lipinski definition) is 1. The highest BCUT2D eigenvalue weighted by Crippen LogP contribution is 2.21. The molecule has 0 aliphatic heterocycles. The molecule has 2 rings (SSSR count). The number of carbonyl (C=O) groups excluding carboxylic acids is 1. The van der Waals surface area contributed by atoms with E-state index in [1.54, 1.807) is 24.3 Å². The summed E-state index contributed by atoms with van der Waals surface area (Å²) in [6.45, 7) is 4.04. The minimum absolute atomic E-state index is 0.152. The zero-order chi connectivity index (χ0) is 21.4. The van der Waals surface area contributed by atoms with Gasteiger partial charge in [0.05, 0.1) is 5.71 Å². The molecule has 0 fully saturated rings. The molecule has 0 aliphatic rings. The Morgan fingerprint density at radius 1 is 1.14 bits per heavy atom. The number of hydrogen-bond acceptors (Lipinski definition) is 5. The number of benzene rings is 2. The van der Waals surface area contributed by atoms with Gasteiger partial charge in [0.15, 0.2) is 5.71 Å². The van der Waals surface area contributed by atoms with Gasteiger partial charge in [-0.25, -0.2) is 0 Å². The molecule has 1 N–H and O–H groups in total. The molecular formula is C21H23Cl2N3O3. The van der Waals surface area contributed by atoms with Crippen LogP contribution in [0, 0.1) is 6.92 Å². The Labute approximate surface area is 180 Å². The first-order chi connectivity index (χ1) is 13.9. The molecule has 0 aliphatic carbocycles. The van der Waals surface area contributed by atoms with Gasteiger partial charge >= 0.3 is 0 Å². The minimum Gasteiger partial charge on any atom is -0.398 e. The van der Waals surface area contributed by atoms with Gasteiger partial charge in [-0.2, -0.15) is 0 Å². The van der Waals surface area contributed by atoms with E-state index in [2.05, 4.69) is 15.6 Å². The zero-order valence-corrected chi connectivity index (χ0v) is 18.3. The summed E-state index contributed by atoms with van der Waals surface area (Å²) in [5.74, 6) is -0.356. The van der Waals surface area contributed by atoms with Crippen LogP contribution in [-0.4, -0.2) is 31.5 Å². The van der Waals surface area contributed by atoms with Crippen LogP contribution in [0.3, 0.4) is 0 Å². The standard InChI is InChI=1S/C21H23Cl2N3O3/c1-5-19(14-9-15(22)11-16(23)10-14)25-29-12-18-13(2)7-6-8-17(18)20(26-28-4)21(27)24-3/h6-11H,5,12H2,1-4H3,(H,24,27)/b25-19+,26-20+. The van der Waals surface area contributed by atoms with E-state index in [1.165, 1.54) is 14.2 Å². The molecule has 0 radical (unpaired) electrons. The largest absolute Gasteiger partial charge is 0.398 e. The molecular weight excluding hydrogens is 413 g/mol. The second-order valence-corrected chi connectivity index (χ2v) is 7.00. The summed E-state index contributed by atoms with van der Waals surface area (Å²) in [6.07, 6.45) is 0.631. The van der Waals surface area contributed by atoms with Gasteiger partial charge in [0.2, 0.25) is 0 Å². The number of amides is 1. The van der Waals surface area contributed by atoms with Crippen LogP contribution in [0.2, 0.25) is 10.0 Å². The Kier molecular flexibility index (Phi) is 8.49. The lowest BCUT2D eigenvalue weighted by Crippen LogP contribution is -2.29. The number of oxime groups is 2. The van der Waals surface area contributed by atoms with Gasteiger partial charge in [-0.3, -0.25) is 4.79 Å². The Morgan fingerprint density at radius 2 is 1.83 bits per heavy atom. The van der Waals surface area contributed by atoms with Gasteiger partial charge in [-0.1, -0.05) is 58.6 Å². The third-order valence-corrected chi connectivity index (χ3v) is 4.64. The van der Waals surface area contributed by atoms with Crippen molar-refractivity contribution in [1.82, 2.24) is 5.32 Å². The van der Waals surface area contributed by atoms with E-state index < -0.39 is 0 Å². The Morgan fingerprint density at radius 3 is 2.41 bits per heavy atom. The van der Waals surface area contributed by atoms with Crippen molar-refractivity contribution >= 4 is 40.5 Å². The van der Waals surface area contributed by atoms with Crippen molar-refractivity contribution in [1.29, 1.82) is 0 Å². The SMILES string of the molecule is CC/C(=N\OCc1c(C)cccc1/C(=N\OC)C(=O)NC)c1cc(Cl)cc(Cl)c1. The monoisotopic (exact) mass is 435 g/mol. The maximum atomic E-state index is 12.2. The smallest absolute Gasteiger partial charge is 0.273 e. The number of halogens is 2. The first kappa shape index (κ1) is 22.7. The molecule has 0 heterocycles. The van der Waals surface area contributed by atoms with Crippen LogP contribution in [0.5, 0.6) is 0 Å². The maximum Gasteiger partial charge on any atom is 0.273 e. The Bertz CT molecular complexity index is 923. The van der Waals surface area contributed by atoms with Gasteiger partial charge in [-0.05, 0) is 37.1 Å². The van der Waals surface area contributed by atoms with Gasteiger partial charge in [-0.15, -0.1) is 0 Å². The predicted molar refractivity (Wildman–Crippen MR) is 117 cm³/mol. The highest BCUT2D eigenvalue weighted by molar-refractivity contribution is 6.45. The number of likely N-dealkylation sites (N-methyl/N-ethyl adjacent to an activating group) is 1. The van der Waals surface area contributed by atoms with Crippen molar-refractivity contribution in [2.75, 3.05) is 14.2 Å². The zero-order valence-electron chi connectivity index (χ0n) is 16.8. The number of carbonyl (C=O) groups is 1. The molecule has 0 bridgehead atoms. The van der Waals surface area contributed by atoms with E-state index in [4.69, 9.17) is 32.9 Å². The molecule has 0 unspecified atom stereocenters. The molecule has 0 atom stereocenters. The average Bonchev–Trinajstić information content (AvgIpc) is 2.69. The third-order valence-electron chi connectivity index (χ3n) is 4.20. The summed E-state index contributed by atoms with van der Waals surface area (Å²) in [7, 11) is 2.93. The van der Waals surface area contributed by atoms with Crippen molar-refractivity contribution < 1.29 is 14.5 Å². The molecule has 0 saturated carbocycles. The lowest BCUT2D eigenvalue weighted by Gasteiger charge is -2.13. The van der Waals surface area contributed by atoms with Crippen LogP contribution in [0.1, 0.15) is 35.6 Å². The molecule has 0 spiro atoms. The lowest BCUT2D eigenvalue weighted by molar-refractivity contribution is -0.114. The fourth-order valence-electron chi connectivity index (χ4n) is 2.75. The predicted octanol–water partition coefficient (Wildman–Crippen LogP) is 4.73. The quantitative estimate of drug-likeness (QED) is 0.481. The fraction of sp³-hybridized carbons (Fsp3) is 0.286. The first-order valence-electron chi connectivity index (χ1n) is 8.98. The average molecular weight is 436 g/mol. The molecule has 2 aromatic rings. The second-order valence-electron chi connectivity index (χ2n) is 6.13. The number of rotatable bonds is 8. The Balaban J connectivity index is 2.33. The van der Waals surface area contributed by atoms with Crippen LogP contribution < -0.4 is 5.32 Å². The van der Waals surface area contributed by atoms with Crippen molar-refractivity contribution in [3.8, 4) is 0 Å². The van der Waals surface area contributed by atoms with Gasteiger partial charge in [0.25, 0.3) is 5.91 Å². The summed E-state index contributed by atoms with van der Waals surface area (Å²) in [5.41, 5.74) is 4.01. The second kappa shape index (κ2) is 10.8. The maximum absolute atomic E-state index is 12.2. The van der Waals surface area contributed by atoms with Crippen LogP contribution in [0.4, 0.5) is 0 Å². The van der Waals surface area contributed by atoms with Gasteiger partial charge in [0.1, 0.15) is 13.7 Å². The highest BCUT2D eigenvalue weighted by Gasteiger charge is 2.19. The molecule has 8 heteroatoms. The van der Waals surface area contributed by atoms with Crippen LogP contribution in [0.25, 0.3) is 0 Å². The van der Waals surface area contributed by atoms with Gasteiger partial charge in [0, 0.05) is 33.8 Å². The van der Waals surface area contributed by atoms with E-state index in [0.29, 0.717) is 27.7 Å². The van der Waals surface area contributed by atoms with E-state index in [-0.39, 0.29) is 18.2 Å². The number of nitrogens with zero attached hydrogens (tertiary/aromatic N) is 2. The van der Waals surface area contributed by atoms with E-state index in [9.17, 15) is 4.79 Å². The molecule has 154 valence electrons. The third kappa shape index (κ3) is 5.95. The van der Waals surface area contributed by atoms with Crippen molar-refractivity contribution in [2.24, 2.45) is 10.3 Å². The summed E-state index contributed by atoms with van der Waals surface area (Å²) in [4.78, 5) is 22.7. The topological polar surface area (TPSA) is 72.3 Å². The van der Waals surface area contributed by atoms with Crippen molar-refractivity contribution in [3.63, 3.8) is 0 Å². The van der Waals surface area contributed by atoms with Crippen LogP contribution >= 0.6 is 23.2 Å². The summed E-state index contributed by atoms with van der Waals surface area (Å²) in [5, 5.41) is 11.8. The van der Waals surface area contributed by atoms with Crippen molar-refractivity contribution in [3.05, 3.63) is 68.7 Å². The summed E-state index contributed by atoms with van der Waals surface area (Å²) in [6, 6.07) is 10.8. The lowest BCUT2D eigenvalue weighted by atomic mass is 9.98. The summed E-state index contributed by atoms with van der Waals surface area (Å²) < 4.78 is 0. The van der Waals surface area contributed by atoms with Gasteiger partial charge < -0.3 is 15.0 Å². The first-order valence-corrected chi connectivity index (χ1v) is 9.74. The molecule has 0 saturated heterocycles. The molecule has 2 aromatic carbocycles. The highest BCUT2D eigenvalue weighted by atomic mass is 35.5. The molecule has 1 amide bonds. The minimum atomic E-state index is -0.356. The molecule has 0 aromatic heterocycles. The normalized spacial score (nSPS) is 11.9.